The summed E-state index contributed by atoms with van der Waals surface area (Å²) in [6.45, 7) is 0.558. The molecule has 0 atom stereocenters. The lowest BCUT2D eigenvalue weighted by atomic mass is 9.96. The van der Waals surface area contributed by atoms with Crippen LogP contribution in [-0.4, -0.2) is 19.0 Å². The molecule has 2 aromatic rings. The molecule has 3 nitrogen and oxygen atoms in total. The maximum atomic E-state index is 13.1. The first-order valence-electron chi connectivity index (χ1n) is 7.60. The predicted octanol–water partition coefficient (Wildman–Crippen LogP) is 3.22. The molecule has 1 aliphatic rings. The molecule has 2 N–H and O–H groups in total. The number of halogens is 2. The van der Waals surface area contributed by atoms with E-state index in [1.807, 2.05) is 18.2 Å². The quantitative estimate of drug-likeness (QED) is 0.859. The zero-order chi connectivity index (χ0) is 16.3. The van der Waals surface area contributed by atoms with Crippen LogP contribution < -0.4 is 10.6 Å². The van der Waals surface area contributed by atoms with Gasteiger partial charge in [0.1, 0.15) is 11.6 Å². The van der Waals surface area contributed by atoms with Crippen molar-refractivity contribution in [3.8, 4) is 0 Å². The van der Waals surface area contributed by atoms with Gasteiger partial charge in [-0.1, -0.05) is 30.3 Å². The topological polar surface area (TPSA) is 41.1 Å². The van der Waals surface area contributed by atoms with E-state index in [4.69, 9.17) is 0 Å². The lowest BCUT2D eigenvalue weighted by Gasteiger charge is -2.17. The molecule has 120 valence electrons. The molecule has 1 amide bonds. The monoisotopic (exact) mass is 316 g/mol. The summed E-state index contributed by atoms with van der Waals surface area (Å²) in [7, 11) is 0. The zero-order valence-electron chi connectivity index (χ0n) is 12.6. The zero-order valence-corrected chi connectivity index (χ0v) is 12.6. The van der Waals surface area contributed by atoms with Crippen molar-refractivity contribution in [2.24, 2.45) is 0 Å². The number of anilines is 1. The summed E-state index contributed by atoms with van der Waals surface area (Å²) in [5.74, 6) is -1.54. The van der Waals surface area contributed by atoms with Gasteiger partial charge in [-0.3, -0.25) is 4.79 Å². The van der Waals surface area contributed by atoms with E-state index in [1.165, 1.54) is 5.56 Å². The Hall–Kier alpha value is -2.43. The normalized spacial score (nSPS) is 15.0. The number of amides is 1. The number of carbonyl (C=O) groups is 1. The van der Waals surface area contributed by atoms with Crippen LogP contribution in [-0.2, 0) is 10.2 Å². The van der Waals surface area contributed by atoms with Gasteiger partial charge in [0.2, 0.25) is 5.91 Å². The van der Waals surface area contributed by atoms with Crippen molar-refractivity contribution in [2.45, 2.75) is 18.3 Å². The molecule has 1 fully saturated rings. The third-order valence-electron chi connectivity index (χ3n) is 4.18. The van der Waals surface area contributed by atoms with E-state index in [0.717, 1.165) is 31.0 Å². The van der Waals surface area contributed by atoms with Crippen LogP contribution in [0.4, 0.5) is 14.5 Å². The van der Waals surface area contributed by atoms with E-state index in [2.05, 4.69) is 22.8 Å². The largest absolute Gasteiger partial charge is 0.376 e. The minimum Gasteiger partial charge on any atom is -0.376 e. The Morgan fingerprint density at radius 3 is 2.30 bits per heavy atom. The summed E-state index contributed by atoms with van der Waals surface area (Å²) in [6.07, 6.45) is 2.11. The molecule has 1 aliphatic carbocycles. The number of nitrogens with one attached hydrogen (secondary N) is 2. The maximum absolute atomic E-state index is 13.1. The third-order valence-corrected chi connectivity index (χ3v) is 4.18. The van der Waals surface area contributed by atoms with Gasteiger partial charge in [-0.2, -0.15) is 0 Å². The Kier molecular flexibility index (Phi) is 4.28. The van der Waals surface area contributed by atoms with E-state index in [1.54, 1.807) is 0 Å². The van der Waals surface area contributed by atoms with Gasteiger partial charge in [0.15, 0.2) is 0 Å². The van der Waals surface area contributed by atoms with Gasteiger partial charge in [0.25, 0.3) is 0 Å². The van der Waals surface area contributed by atoms with Crippen LogP contribution in [0.25, 0.3) is 0 Å². The highest BCUT2D eigenvalue weighted by atomic mass is 19.1. The fourth-order valence-electron chi connectivity index (χ4n) is 2.68. The molecular weight excluding hydrogens is 298 g/mol. The van der Waals surface area contributed by atoms with Crippen LogP contribution in [0.3, 0.4) is 0 Å². The molecule has 0 unspecified atom stereocenters. The fraction of sp³-hybridized carbons (Fsp3) is 0.278. The van der Waals surface area contributed by atoms with Crippen LogP contribution in [0, 0.1) is 11.6 Å². The number of hydrogen-bond acceptors (Lipinski definition) is 2. The molecule has 1 saturated carbocycles. The first kappa shape index (κ1) is 15.5. The van der Waals surface area contributed by atoms with Gasteiger partial charge in [-0.15, -0.1) is 0 Å². The smallest absolute Gasteiger partial charge is 0.239 e. The SMILES string of the molecule is O=C(CNc1cc(F)cc(F)c1)NCC1(c2ccccc2)CC1. The minimum absolute atomic E-state index is 0.0201. The Morgan fingerprint density at radius 1 is 1.04 bits per heavy atom. The lowest BCUT2D eigenvalue weighted by Crippen LogP contribution is -2.35. The molecule has 2 aromatic carbocycles. The van der Waals surface area contributed by atoms with Gasteiger partial charge in [0, 0.05) is 23.7 Å². The molecular formula is C18H18F2N2O. The number of hydrogen-bond donors (Lipinski definition) is 2. The molecule has 0 saturated heterocycles. The van der Waals surface area contributed by atoms with Crippen molar-refractivity contribution in [1.29, 1.82) is 0 Å². The Bertz CT molecular complexity index is 679. The van der Waals surface area contributed by atoms with Gasteiger partial charge >= 0.3 is 0 Å². The summed E-state index contributed by atoms with van der Waals surface area (Å²) in [5, 5.41) is 5.62. The maximum Gasteiger partial charge on any atom is 0.239 e. The lowest BCUT2D eigenvalue weighted by molar-refractivity contribution is -0.119. The van der Waals surface area contributed by atoms with Crippen LogP contribution in [0.15, 0.2) is 48.5 Å². The van der Waals surface area contributed by atoms with E-state index < -0.39 is 11.6 Å². The van der Waals surface area contributed by atoms with Crippen molar-refractivity contribution in [1.82, 2.24) is 5.32 Å². The summed E-state index contributed by atoms with van der Waals surface area (Å²) in [5.41, 5.74) is 1.53. The Labute approximate surface area is 133 Å². The van der Waals surface area contributed by atoms with Crippen molar-refractivity contribution < 1.29 is 13.6 Å². The fourth-order valence-corrected chi connectivity index (χ4v) is 2.68. The Balaban J connectivity index is 1.50. The van der Waals surface area contributed by atoms with Crippen LogP contribution in [0.1, 0.15) is 18.4 Å². The van der Waals surface area contributed by atoms with Crippen molar-refractivity contribution >= 4 is 11.6 Å². The molecule has 0 aromatic heterocycles. The second-order valence-corrected chi connectivity index (χ2v) is 5.93. The number of carbonyl (C=O) groups excluding carboxylic acids is 1. The molecule has 0 spiro atoms. The molecule has 5 heteroatoms. The molecule has 0 radical (unpaired) electrons. The molecule has 0 aliphatic heterocycles. The summed E-state index contributed by atoms with van der Waals surface area (Å²) >= 11 is 0. The molecule has 0 heterocycles. The van der Waals surface area contributed by atoms with E-state index in [-0.39, 0.29) is 23.6 Å². The number of benzene rings is 2. The van der Waals surface area contributed by atoms with E-state index >= 15 is 0 Å². The van der Waals surface area contributed by atoms with Crippen molar-refractivity contribution in [2.75, 3.05) is 18.4 Å². The minimum atomic E-state index is -0.672. The van der Waals surface area contributed by atoms with Gasteiger partial charge < -0.3 is 10.6 Å². The average Bonchev–Trinajstić information content (AvgIpc) is 3.32. The molecule has 0 bridgehead atoms. The highest BCUT2D eigenvalue weighted by molar-refractivity contribution is 5.80. The second-order valence-electron chi connectivity index (χ2n) is 5.93. The highest BCUT2D eigenvalue weighted by Gasteiger charge is 2.44. The summed E-state index contributed by atoms with van der Waals surface area (Å²) in [4.78, 5) is 11.9. The summed E-state index contributed by atoms with van der Waals surface area (Å²) < 4.78 is 26.1. The molecule has 23 heavy (non-hydrogen) atoms. The number of rotatable bonds is 6. The third kappa shape index (κ3) is 3.86. The predicted molar refractivity (Wildman–Crippen MR) is 85.2 cm³/mol. The van der Waals surface area contributed by atoms with Crippen LogP contribution >= 0.6 is 0 Å². The van der Waals surface area contributed by atoms with Crippen LogP contribution in [0.2, 0.25) is 0 Å². The average molecular weight is 316 g/mol. The molecule has 3 rings (SSSR count). The standard InChI is InChI=1S/C18H18F2N2O/c19-14-8-15(20)10-16(9-14)21-11-17(23)22-12-18(6-7-18)13-4-2-1-3-5-13/h1-5,8-10,21H,6-7,11-12H2,(H,22,23). The first-order valence-corrected chi connectivity index (χ1v) is 7.60. The van der Waals surface area contributed by atoms with E-state index in [9.17, 15) is 13.6 Å². The van der Waals surface area contributed by atoms with E-state index in [0.29, 0.717) is 6.54 Å². The van der Waals surface area contributed by atoms with Gasteiger partial charge in [-0.05, 0) is 30.5 Å². The van der Waals surface area contributed by atoms with Crippen molar-refractivity contribution in [3.63, 3.8) is 0 Å². The first-order chi connectivity index (χ1) is 11.1. The van der Waals surface area contributed by atoms with Gasteiger partial charge in [0.05, 0.1) is 6.54 Å². The highest BCUT2D eigenvalue weighted by Crippen LogP contribution is 2.47. The van der Waals surface area contributed by atoms with Crippen molar-refractivity contribution in [3.05, 3.63) is 65.7 Å². The Morgan fingerprint density at radius 2 is 1.70 bits per heavy atom. The van der Waals surface area contributed by atoms with Crippen LogP contribution in [0.5, 0.6) is 0 Å². The summed E-state index contributed by atoms with van der Waals surface area (Å²) in [6, 6.07) is 13.2. The van der Waals surface area contributed by atoms with Gasteiger partial charge in [-0.25, -0.2) is 8.78 Å². The second kappa shape index (κ2) is 6.36.